The lowest BCUT2D eigenvalue weighted by molar-refractivity contribution is 0.0696. The van der Waals surface area contributed by atoms with Crippen LogP contribution in [0.25, 0.3) is 21.7 Å². The third-order valence-electron chi connectivity index (χ3n) is 6.97. The lowest BCUT2D eigenvalue weighted by Gasteiger charge is -2.13. The van der Waals surface area contributed by atoms with Crippen molar-refractivity contribution in [3.8, 4) is 0 Å². The molecule has 0 unspecified atom stereocenters. The smallest absolute Gasteiger partial charge is 0.335 e. The number of nitrogens with zero attached hydrogens (tertiary/aromatic N) is 1. The van der Waals surface area contributed by atoms with E-state index in [-0.39, 0.29) is 23.8 Å². The molecule has 5 aromatic carbocycles. The Morgan fingerprint density at radius 3 is 2.32 bits per heavy atom. The summed E-state index contributed by atoms with van der Waals surface area (Å²) in [5.41, 5.74) is 3.41. The van der Waals surface area contributed by atoms with Crippen molar-refractivity contribution in [3.05, 3.63) is 143 Å². The van der Waals surface area contributed by atoms with Crippen molar-refractivity contribution >= 4 is 45.3 Å². The van der Waals surface area contributed by atoms with Crippen LogP contribution in [0, 0.1) is 5.82 Å². The van der Waals surface area contributed by atoms with Gasteiger partial charge in [-0.05, 0) is 82.6 Å². The number of halogens is 1. The molecule has 0 fully saturated rings. The van der Waals surface area contributed by atoms with Crippen molar-refractivity contribution in [1.29, 1.82) is 0 Å². The van der Waals surface area contributed by atoms with Gasteiger partial charge >= 0.3 is 5.97 Å². The van der Waals surface area contributed by atoms with E-state index in [1.54, 1.807) is 30.0 Å². The predicted molar refractivity (Wildman–Crippen MR) is 160 cm³/mol. The van der Waals surface area contributed by atoms with Crippen LogP contribution < -0.4 is 5.32 Å². The molecule has 0 saturated carbocycles. The van der Waals surface area contributed by atoms with Crippen LogP contribution in [0.2, 0.25) is 0 Å². The minimum absolute atomic E-state index is 0.199. The first-order valence-electron chi connectivity index (χ1n) is 13.1. The zero-order valence-corrected chi connectivity index (χ0v) is 22.7. The van der Waals surface area contributed by atoms with Crippen molar-refractivity contribution in [2.75, 3.05) is 0 Å². The van der Waals surface area contributed by atoms with Crippen LogP contribution >= 0.6 is 11.8 Å². The molecule has 1 heterocycles. The standard InChI is InChI=1S/C34H25FN2O3S/c35-27-13-12-25-18-23(8-11-26(25)19-27)21-37-17-16-29-31(41-28-4-2-1-3-5-28)15-14-30(32(29)37)33(38)36-20-22-6-9-24(10-7-22)34(39)40/h1-19H,20-21H2,(H,36,38)(H,39,40). The van der Waals surface area contributed by atoms with Gasteiger partial charge in [0.2, 0.25) is 0 Å². The summed E-state index contributed by atoms with van der Waals surface area (Å²) in [6.07, 6.45) is 2.00. The molecule has 202 valence electrons. The molecule has 0 atom stereocenters. The Balaban J connectivity index is 1.34. The third kappa shape index (κ3) is 5.71. The van der Waals surface area contributed by atoms with E-state index in [0.29, 0.717) is 12.1 Å². The van der Waals surface area contributed by atoms with Gasteiger partial charge in [0.1, 0.15) is 5.82 Å². The van der Waals surface area contributed by atoms with E-state index in [4.69, 9.17) is 5.11 Å². The molecule has 0 bridgehead atoms. The molecule has 41 heavy (non-hydrogen) atoms. The molecule has 6 rings (SSSR count). The number of hydrogen-bond acceptors (Lipinski definition) is 3. The molecule has 1 aromatic heterocycles. The number of nitrogens with one attached hydrogen (secondary N) is 1. The molecule has 2 N–H and O–H groups in total. The Labute approximate surface area is 240 Å². The summed E-state index contributed by atoms with van der Waals surface area (Å²) in [5, 5.41) is 14.9. The zero-order valence-electron chi connectivity index (χ0n) is 21.9. The molecular formula is C34H25FN2O3S. The number of carbonyl (C=O) groups is 2. The number of carbonyl (C=O) groups excluding carboxylic acids is 1. The van der Waals surface area contributed by atoms with Crippen LogP contribution in [0.15, 0.2) is 125 Å². The van der Waals surface area contributed by atoms with Crippen molar-refractivity contribution in [2.45, 2.75) is 22.9 Å². The number of benzene rings is 5. The van der Waals surface area contributed by atoms with Crippen molar-refractivity contribution in [3.63, 3.8) is 0 Å². The fourth-order valence-electron chi connectivity index (χ4n) is 4.92. The molecule has 7 heteroatoms. The predicted octanol–water partition coefficient (Wildman–Crippen LogP) is 7.76. The highest BCUT2D eigenvalue weighted by Gasteiger charge is 2.17. The monoisotopic (exact) mass is 560 g/mol. The fraction of sp³-hybridized carbons (Fsp3) is 0.0588. The quantitative estimate of drug-likeness (QED) is 0.200. The number of carboxylic acids is 1. The summed E-state index contributed by atoms with van der Waals surface area (Å²) in [7, 11) is 0. The molecule has 0 aliphatic heterocycles. The maximum absolute atomic E-state index is 13.7. The summed E-state index contributed by atoms with van der Waals surface area (Å²) < 4.78 is 15.8. The highest BCUT2D eigenvalue weighted by Crippen LogP contribution is 2.36. The van der Waals surface area contributed by atoms with E-state index in [1.807, 2.05) is 60.8 Å². The molecule has 6 aromatic rings. The average Bonchev–Trinajstić information content (AvgIpc) is 3.41. The highest BCUT2D eigenvalue weighted by atomic mass is 32.2. The van der Waals surface area contributed by atoms with Gasteiger partial charge in [-0.2, -0.15) is 0 Å². The Morgan fingerprint density at radius 2 is 1.54 bits per heavy atom. The number of aromatic carboxylic acids is 1. The Morgan fingerprint density at radius 1 is 0.805 bits per heavy atom. The van der Waals surface area contributed by atoms with E-state index in [1.165, 1.54) is 24.3 Å². The van der Waals surface area contributed by atoms with Crippen LogP contribution in [0.3, 0.4) is 0 Å². The topological polar surface area (TPSA) is 71.3 Å². The van der Waals surface area contributed by atoms with E-state index in [2.05, 4.69) is 22.0 Å². The SMILES string of the molecule is O=C(O)c1ccc(CNC(=O)c2ccc(Sc3ccccc3)c3ccn(Cc4ccc5cc(F)ccc5c4)c23)cc1. The fourth-order valence-corrected chi connectivity index (χ4v) is 5.88. The van der Waals surface area contributed by atoms with Crippen LogP contribution in [0.4, 0.5) is 4.39 Å². The van der Waals surface area contributed by atoms with Gasteiger partial charge in [0.05, 0.1) is 16.6 Å². The summed E-state index contributed by atoms with van der Waals surface area (Å²) >= 11 is 1.65. The van der Waals surface area contributed by atoms with Gasteiger partial charge in [0.25, 0.3) is 5.91 Å². The van der Waals surface area contributed by atoms with E-state index in [9.17, 15) is 14.0 Å². The van der Waals surface area contributed by atoms with E-state index >= 15 is 0 Å². The first-order valence-corrected chi connectivity index (χ1v) is 13.9. The maximum Gasteiger partial charge on any atom is 0.335 e. The minimum Gasteiger partial charge on any atom is -0.478 e. The number of rotatable bonds is 8. The second kappa shape index (κ2) is 11.3. The number of fused-ring (bicyclic) bond motifs is 2. The van der Waals surface area contributed by atoms with E-state index in [0.717, 1.165) is 42.6 Å². The first-order chi connectivity index (χ1) is 19.9. The molecule has 0 radical (unpaired) electrons. The number of carboxylic acid groups (broad SMARTS) is 1. The summed E-state index contributed by atoms with van der Waals surface area (Å²) in [5.74, 6) is -1.48. The first kappa shape index (κ1) is 26.3. The van der Waals surface area contributed by atoms with Crippen molar-refractivity contribution in [2.24, 2.45) is 0 Å². The Bertz CT molecular complexity index is 1900. The number of amides is 1. The van der Waals surface area contributed by atoms with Gasteiger partial charge in [0, 0.05) is 34.5 Å². The Kier molecular flexibility index (Phi) is 7.27. The van der Waals surface area contributed by atoms with Gasteiger partial charge in [-0.15, -0.1) is 0 Å². The lowest BCUT2D eigenvalue weighted by Crippen LogP contribution is -2.23. The summed E-state index contributed by atoms with van der Waals surface area (Å²) in [4.78, 5) is 26.8. The second-order valence-corrected chi connectivity index (χ2v) is 10.9. The molecule has 0 saturated heterocycles. The largest absolute Gasteiger partial charge is 0.478 e. The molecule has 5 nitrogen and oxygen atoms in total. The zero-order chi connectivity index (χ0) is 28.3. The van der Waals surface area contributed by atoms with Crippen molar-refractivity contribution in [1.82, 2.24) is 9.88 Å². The Hall–Kier alpha value is -4.88. The van der Waals surface area contributed by atoms with Gasteiger partial charge in [-0.1, -0.05) is 60.3 Å². The summed E-state index contributed by atoms with van der Waals surface area (Å²) in [6.45, 7) is 0.801. The molecular weight excluding hydrogens is 535 g/mol. The van der Waals surface area contributed by atoms with Gasteiger partial charge in [-0.3, -0.25) is 4.79 Å². The van der Waals surface area contributed by atoms with Crippen molar-refractivity contribution < 1.29 is 19.1 Å². The van der Waals surface area contributed by atoms with Crippen LogP contribution in [0.5, 0.6) is 0 Å². The van der Waals surface area contributed by atoms with E-state index < -0.39 is 5.97 Å². The highest BCUT2D eigenvalue weighted by molar-refractivity contribution is 7.99. The molecule has 0 spiro atoms. The number of hydrogen-bond donors (Lipinski definition) is 2. The number of aromatic nitrogens is 1. The molecule has 0 aliphatic rings. The molecule has 1 amide bonds. The van der Waals surface area contributed by atoms with Gasteiger partial charge in [-0.25, -0.2) is 9.18 Å². The van der Waals surface area contributed by atoms with Crippen LogP contribution in [-0.2, 0) is 13.1 Å². The lowest BCUT2D eigenvalue weighted by atomic mass is 10.1. The maximum atomic E-state index is 13.7. The van der Waals surface area contributed by atoms with Gasteiger partial charge in [0.15, 0.2) is 0 Å². The van der Waals surface area contributed by atoms with Gasteiger partial charge < -0.3 is 15.0 Å². The average molecular weight is 561 g/mol. The second-order valence-electron chi connectivity index (χ2n) is 9.74. The van der Waals surface area contributed by atoms with Crippen LogP contribution in [0.1, 0.15) is 31.8 Å². The van der Waals surface area contributed by atoms with Crippen LogP contribution in [-0.4, -0.2) is 21.6 Å². The summed E-state index contributed by atoms with van der Waals surface area (Å²) in [6, 6.07) is 33.1. The third-order valence-corrected chi connectivity index (χ3v) is 8.06. The molecule has 0 aliphatic carbocycles. The normalized spacial score (nSPS) is 11.1. The minimum atomic E-state index is -0.990.